The van der Waals surface area contributed by atoms with Crippen molar-refractivity contribution in [2.24, 2.45) is 5.92 Å². The zero-order valence-corrected chi connectivity index (χ0v) is 11.7. The Morgan fingerprint density at radius 2 is 1.95 bits per heavy atom. The Hall–Kier alpha value is -1.31. The lowest BCUT2D eigenvalue weighted by atomic mass is 9.98. The van der Waals surface area contributed by atoms with Gasteiger partial charge in [0.05, 0.1) is 6.61 Å². The van der Waals surface area contributed by atoms with E-state index in [0.717, 1.165) is 0 Å². The lowest BCUT2D eigenvalue weighted by Crippen LogP contribution is -2.64. The van der Waals surface area contributed by atoms with E-state index in [1.807, 2.05) is 0 Å². The minimum Gasteiger partial charge on any atom is -0.370 e. The van der Waals surface area contributed by atoms with Crippen LogP contribution in [0.25, 0.3) is 0 Å². The van der Waals surface area contributed by atoms with Crippen molar-refractivity contribution in [1.29, 1.82) is 0 Å². The summed E-state index contributed by atoms with van der Waals surface area (Å²) in [5.41, 5.74) is 0. The van der Waals surface area contributed by atoms with Crippen molar-refractivity contribution < 1.29 is 27.5 Å². The Balaban J connectivity index is 2.57. The molecule has 1 fully saturated rings. The molecule has 8 heteroatoms. The number of nitrogens with one attached hydrogen (secondary N) is 1. The van der Waals surface area contributed by atoms with Gasteiger partial charge >= 0.3 is 6.18 Å². The molecule has 1 N–H and O–H groups in total. The van der Waals surface area contributed by atoms with Gasteiger partial charge in [-0.1, -0.05) is 13.8 Å². The second-order valence-corrected chi connectivity index (χ2v) is 5.11. The third-order valence-corrected chi connectivity index (χ3v) is 3.10. The third kappa shape index (κ3) is 4.36. The van der Waals surface area contributed by atoms with Gasteiger partial charge in [0.25, 0.3) is 0 Å². The SMILES string of the molecule is CC(C)C1NC(=O)C(C)N(CCOCC(F)(F)F)C1=O. The molecule has 2 unspecified atom stereocenters. The summed E-state index contributed by atoms with van der Waals surface area (Å²) in [6.45, 7) is 3.46. The number of hydrogen-bond donors (Lipinski definition) is 1. The minimum absolute atomic E-state index is 0.0350. The summed E-state index contributed by atoms with van der Waals surface area (Å²) in [7, 11) is 0. The molecule has 5 nitrogen and oxygen atoms in total. The summed E-state index contributed by atoms with van der Waals surface area (Å²) in [6, 6.07) is -1.34. The second-order valence-electron chi connectivity index (χ2n) is 5.11. The van der Waals surface area contributed by atoms with Crippen LogP contribution >= 0.6 is 0 Å². The molecular formula is C12H19F3N2O3. The van der Waals surface area contributed by atoms with Crippen LogP contribution in [-0.4, -0.2) is 54.7 Å². The Kier molecular flexibility index (Phi) is 5.38. The lowest BCUT2D eigenvalue weighted by Gasteiger charge is -2.38. The maximum atomic E-state index is 12.1. The fourth-order valence-electron chi connectivity index (χ4n) is 1.95. The first-order valence-corrected chi connectivity index (χ1v) is 6.39. The molecule has 0 radical (unpaired) electrons. The predicted octanol–water partition coefficient (Wildman–Crippen LogP) is 0.937. The summed E-state index contributed by atoms with van der Waals surface area (Å²) >= 11 is 0. The molecule has 1 rings (SSSR count). The van der Waals surface area contributed by atoms with Crippen molar-refractivity contribution in [1.82, 2.24) is 10.2 Å². The van der Waals surface area contributed by atoms with Crippen molar-refractivity contribution in [3.8, 4) is 0 Å². The molecule has 0 aromatic heterocycles. The van der Waals surface area contributed by atoms with Crippen LogP contribution in [0.3, 0.4) is 0 Å². The number of amides is 2. The van der Waals surface area contributed by atoms with Gasteiger partial charge in [-0.3, -0.25) is 9.59 Å². The van der Waals surface area contributed by atoms with Gasteiger partial charge in [-0.2, -0.15) is 13.2 Å². The van der Waals surface area contributed by atoms with Crippen LogP contribution in [0.5, 0.6) is 0 Å². The Morgan fingerprint density at radius 1 is 1.35 bits per heavy atom. The quantitative estimate of drug-likeness (QED) is 0.768. The molecule has 2 atom stereocenters. The van der Waals surface area contributed by atoms with E-state index in [1.165, 1.54) is 11.8 Å². The number of halogens is 3. The second kappa shape index (κ2) is 6.43. The first kappa shape index (κ1) is 16.7. The van der Waals surface area contributed by atoms with Crippen molar-refractivity contribution in [2.45, 2.75) is 39.0 Å². The standard InChI is InChI=1S/C12H19F3N2O3/c1-7(2)9-11(19)17(8(3)10(18)16-9)4-5-20-6-12(13,14)15/h7-9H,4-6H2,1-3H3,(H,16,18). The van der Waals surface area contributed by atoms with Gasteiger partial charge in [-0.05, 0) is 12.8 Å². The predicted molar refractivity (Wildman–Crippen MR) is 64.8 cm³/mol. The summed E-state index contributed by atoms with van der Waals surface area (Å²) in [5, 5.41) is 2.61. The molecule has 1 saturated heterocycles. The average molecular weight is 296 g/mol. The molecule has 2 amide bonds. The highest BCUT2D eigenvalue weighted by Crippen LogP contribution is 2.16. The molecule has 0 aromatic carbocycles. The van der Waals surface area contributed by atoms with Gasteiger partial charge in [0, 0.05) is 6.54 Å². The average Bonchev–Trinajstić information content (AvgIpc) is 2.31. The molecule has 0 bridgehead atoms. The van der Waals surface area contributed by atoms with E-state index in [-0.39, 0.29) is 30.9 Å². The third-order valence-electron chi connectivity index (χ3n) is 3.10. The maximum absolute atomic E-state index is 12.1. The van der Waals surface area contributed by atoms with Crippen molar-refractivity contribution in [2.75, 3.05) is 19.8 Å². The van der Waals surface area contributed by atoms with E-state index >= 15 is 0 Å². The maximum Gasteiger partial charge on any atom is 0.411 e. The van der Waals surface area contributed by atoms with Crippen molar-refractivity contribution in [3.63, 3.8) is 0 Å². The number of alkyl halides is 3. The van der Waals surface area contributed by atoms with Gasteiger partial charge in [0.1, 0.15) is 18.7 Å². The van der Waals surface area contributed by atoms with Gasteiger partial charge in [-0.15, -0.1) is 0 Å². The fraction of sp³-hybridized carbons (Fsp3) is 0.833. The zero-order valence-electron chi connectivity index (χ0n) is 11.7. The van der Waals surface area contributed by atoms with Crippen LogP contribution in [0.2, 0.25) is 0 Å². The molecule has 116 valence electrons. The Morgan fingerprint density at radius 3 is 2.45 bits per heavy atom. The van der Waals surface area contributed by atoms with Gasteiger partial charge in [0.15, 0.2) is 0 Å². The molecule has 1 aliphatic heterocycles. The minimum atomic E-state index is -4.39. The molecule has 20 heavy (non-hydrogen) atoms. The van der Waals surface area contributed by atoms with E-state index in [2.05, 4.69) is 10.1 Å². The zero-order chi connectivity index (χ0) is 15.5. The van der Waals surface area contributed by atoms with E-state index in [4.69, 9.17) is 0 Å². The summed E-state index contributed by atoms with van der Waals surface area (Å²) in [6.07, 6.45) is -4.39. The normalized spacial score (nSPS) is 24.2. The molecule has 1 aliphatic rings. The molecule has 0 aromatic rings. The number of hydrogen-bond acceptors (Lipinski definition) is 3. The van der Waals surface area contributed by atoms with E-state index in [1.54, 1.807) is 13.8 Å². The van der Waals surface area contributed by atoms with Gasteiger partial charge in [0.2, 0.25) is 11.8 Å². The molecule has 0 saturated carbocycles. The first-order chi connectivity index (χ1) is 9.13. The molecule has 1 heterocycles. The fourth-order valence-corrected chi connectivity index (χ4v) is 1.95. The highest BCUT2D eigenvalue weighted by Gasteiger charge is 2.39. The van der Waals surface area contributed by atoms with Crippen LogP contribution in [0.4, 0.5) is 13.2 Å². The summed E-state index contributed by atoms with van der Waals surface area (Å²) in [5.74, 6) is -0.681. The van der Waals surface area contributed by atoms with Crippen LogP contribution in [0, 0.1) is 5.92 Å². The number of nitrogens with zero attached hydrogens (tertiary/aromatic N) is 1. The highest BCUT2D eigenvalue weighted by atomic mass is 19.4. The summed E-state index contributed by atoms with van der Waals surface area (Å²) in [4.78, 5) is 25.1. The number of carbonyl (C=O) groups is 2. The van der Waals surface area contributed by atoms with Crippen molar-refractivity contribution >= 4 is 11.8 Å². The summed E-state index contributed by atoms with van der Waals surface area (Å²) < 4.78 is 40.3. The van der Waals surface area contributed by atoms with Crippen LogP contribution in [0.1, 0.15) is 20.8 Å². The van der Waals surface area contributed by atoms with Crippen LogP contribution < -0.4 is 5.32 Å². The monoisotopic (exact) mass is 296 g/mol. The van der Waals surface area contributed by atoms with E-state index in [0.29, 0.717) is 0 Å². The number of rotatable bonds is 5. The molecular weight excluding hydrogens is 277 g/mol. The van der Waals surface area contributed by atoms with Crippen LogP contribution in [-0.2, 0) is 14.3 Å². The van der Waals surface area contributed by atoms with E-state index < -0.39 is 24.9 Å². The molecule has 0 spiro atoms. The van der Waals surface area contributed by atoms with Crippen LogP contribution in [0.15, 0.2) is 0 Å². The van der Waals surface area contributed by atoms with Gasteiger partial charge < -0.3 is 15.0 Å². The van der Waals surface area contributed by atoms with Crippen molar-refractivity contribution in [3.05, 3.63) is 0 Å². The smallest absolute Gasteiger partial charge is 0.370 e. The number of ether oxygens (including phenoxy) is 1. The lowest BCUT2D eigenvalue weighted by molar-refractivity contribution is -0.176. The first-order valence-electron chi connectivity index (χ1n) is 6.39. The van der Waals surface area contributed by atoms with E-state index in [9.17, 15) is 22.8 Å². The molecule has 0 aliphatic carbocycles. The Labute approximate surface area is 115 Å². The largest absolute Gasteiger partial charge is 0.411 e. The Bertz CT molecular complexity index is 371. The topological polar surface area (TPSA) is 58.6 Å². The highest BCUT2D eigenvalue weighted by molar-refractivity contribution is 5.96. The van der Waals surface area contributed by atoms with Gasteiger partial charge in [-0.25, -0.2) is 0 Å². The number of piperazine rings is 1. The number of carbonyl (C=O) groups excluding carboxylic acids is 2.